The number of carbonyl (C=O) groups excluding carboxylic acids is 2. The molecule has 0 saturated carbocycles. The first-order valence-corrected chi connectivity index (χ1v) is 9.06. The third kappa shape index (κ3) is 3.72. The van der Waals surface area contributed by atoms with Crippen molar-refractivity contribution in [1.29, 1.82) is 0 Å². The SMILES string of the molecule is COC(=O)c1ccccc1N(C=O)c1cn(CCC(C)C)c2ccccc12. The highest BCUT2D eigenvalue weighted by atomic mass is 16.5. The van der Waals surface area contributed by atoms with E-state index < -0.39 is 5.97 Å². The molecule has 0 aliphatic heterocycles. The minimum Gasteiger partial charge on any atom is -0.465 e. The molecule has 0 atom stereocenters. The third-order valence-electron chi connectivity index (χ3n) is 4.65. The molecule has 1 amide bonds. The summed E-state index contributed by atoms with van der Waals surface area (Å²) in [5.74, 6) is 0.109. The Hall–Kier alpha value is -3.08. The van der Waals surface area contributed by atoms with Crippen LogP contribution >= 0.6 is 0 Å². The number of para-hydroxylation sites is 2. The van der Waals surface area contributed by atoms with Crippen molar-refractivity contribution >= 4 is 34.7 Å². The number of ether oxygens (including phenoxy) is 1. The molecule has 0 radical (unpaired) electrons. The Kier molecular flexibility index (Phi) is 5.60. The number of benzene rings is 2. The van der Waals surface area contributed by atoms with Gasteiger partial charge in [0.05, 0.1) is 29.6 Å². The summed E-state index contributed by atoms with van der Waals surface area (Å²) in [6.45, 7) is 5.25. The van der Waals surface area contributed by atoms with Crippen LogP contribution in [0.25, 0.3) is 10.9 Å². The number of fused-ring (bicyclic) bond motifs is 1. The van der Waals surface area contributed by atoms with Gasteiger partial charge in [0.25, 0.3) is 0 Å². The zero-order chi connectivity index (χ0) is 19.4. The van der Waals surface area contributed by atoms with E-state index in [0.717, 1.165) is 36.0 Å². The summed E-state index contributed by atoms with van der Waals surface area (Å²) in [6, 6.07) is 15.0. The van der Waals surface area contributed by atoms with Gasteiger partial charge in [-0.3, -0.25) is 9.69 Å². The molecule has 140 valence electrons. The standard InChI is InChI=1S/C22H24N2O3/c1-16(2)12-13-23-14-21(17-8-4-6-10-19(17)23)24(15-25)20-11-7-5-9-18(20)22(26)27-3/h4-11,14-16H,12-13H2,1-3H3. The fourth-order valence-corrected chi connectivity index (χ4v) is 3.21. The van der Waals surface area contributed by atoms with Crippen molar-refractivity contribution < 1.29 is 14.3 Å². The number of aryl methyl sites for hydroxylation is 1. The van der Waals surface area contributed by atoms with Crippen molar-refractivity contribution in [2.75, 3.05) is 12.0 Å². The second-order valence-corrected chi connectivity index (χ2v) is 6.89. The summed E-state index contributed by atoms with van der Waals surface area (Å²) in [6.07, 6.45) is 3.77. The van der Waals surface area contributed by atoms with Gasteiger partial charge >= 0.3 is 5.97 Å². The minimum absolute atomic E-state index is 0.353. The molecular formula is C22H24N2O3. The zero-order valence-electron chi connectivity index (χ0n) is 15.9. The smallest absolute Gasteiger partial charge is 0.339 e. The molecule has 0 aliphatic carbocycles. The monoisotopic (exact) mass is 364 g/mol. The average Bonchev–Trinajstić information content (AvgIpc) is 3.05. The lowest BCUT2D eigenvalue weighted by Crippen LogP contribution is -2.18. The van der Waals surface area contributed by atoms with Gasteiger partial charge < -0.3 is 9.30 Å². The van der Waals surface area contributed by atoms with Crippen molar-refractivity contribution in [2.45, 2.75) is 26.8 Å². The van der Waals surface area contributed by atoms with Crippen LogP contribution < -0.4 is 4.90 Å². The van der Waals surface area contributed by atoms with Crippen LogP contribution in [-0.4, -0.2) is 24.1 Å². The molecule has 5 heteroatoms. The Morgan fingerprint density at radius 2 is 1.81 bits per heavy atom. The van der Waals surface area contributed by atoms with E-state index in [1.807, 2.05) is 30.5 Å². The summed E-state index contributed by atoms with van der Waals surface area (Å²) in [5, 5.41) is 0.966. The van der Waals surface area contributed by atoms with Crippen LogP contribution in [-0.2, 0) is 16.1 Å². The number of aromatic nitrogens is 1. The van der Waals surface area contributed by atoms with Gasteiger partial charge in [-0.15, -0.1) is 0 Å². The topological polar surface area (TPSA) is 51.5 Å². The van der Waals surface area contributed by atoms with E-state index in [2.05, 4.69) is 18.4 Å². The molecule has 0 aliphatic rings. The van der Waals surface area contributed by atoms with Gasteiger partial charge in [0, 0.05) is 18.1 Å². The Balaban J connectivity index is 2.13. The average molecular weight is 364 g/mol. The predicted molar refractivity (Wildman–Crippen MR) is 107 cm³/mol. The molecule has 0 fully saturated rings. The minimum atomic E-state index is -0.471. The molecule has 3 rings (SSSR count). The number of anilines is 2. The molecule has 2 aromatic carbocycles. The second kappa shape index (κ2) is 8.08. The Morgan fingerprint density at radius 3 is 2.52 bits per heavy atom. The number of hydrogen-bond donors (Lipinski definition) is 0. The lowest BCUT2D eigenvalue weighted by atomic mass is 10.1. The van der Waals surface area contributed by atoms with Crippen molar-refractivity contribution in [3.63, 3.8) is 0 Å². The van der Waals surface area contributed by atoms with Crippen LogP contribution in [0.3, 0.4) is 0 Å². The summed E-state index contributed by atoms with van der Waals surface area (Å²) >= 11 is 0. The van der Waals surface area contributed by atoms with Crippen LogP contribution in [0.15, 0.2) is 54.7 Å². The van der Waals surface area contributed by atoms with Gasteiger partial charge in [0.2, 0.25) is 6.41 Å². The quantitative estimate of drug-likeness (QED) is 0.448. The Labute approximate surface area is 159 Å². The van der Waals surface area contributed by atoms with Gasteiger partial charge in [-0.05, 0) is 30.5 Å². The number of nitrogens with zero attached hydrogens (tertiary/aromatic N) is 2. The maximum absolute atomic E-state index is 12.2. The first-order chi connectivity index (χ1) is 13.1. The number of hydrogen-bond acceptors (Lipinski definition) is 3. The second-order valence-electron chi connectivity index (χ2n) is 6.89. The molecule has 0 saturated heterocycles. The molecule has 1 aromatic heterocycles. The van der Waals surface area contributed by atoms with E-state index in [4.69, 9.17) is 4.74 Å². The molecule has 3 aromatic rings. The lowest BCUT2D eigenvalue weighted by Gasteiger charge is -2.19. The van der Waals surface area contributed by atoms with E-state index in [-0.39, 0.29) is 0 Å². The predicted octanol–water partition coefficient (Wildman–Crippen LogP) is 4.77. The van der Waals surface area contributed by atoms with Crippen LogP contribution in [0, 0.1) is 5.92 Å². The first kappa shape index (κ1) is 18.7. The van der Waals surface area contributed by atoms with E-state index in [1.165, 1.54) is 12.0 Å². The van der Waals surface area contributed by atoms with Crippen molar-refractivity contribution in [3.05, 3.63) is 60.3 Å². The molecule has 5 nitrogen and oxygen atoms in total. The number of esters is 1. The highest BCUT2D eigenvalue weighted by Crippen LogP contribution is 2.35. The highest BCUT2D eigenvalue weighted by Gasteiger charge is 2.21. The van der Waals surface area contributed by atoms with Gasteiger partial charge in [-0.1, -0.05) is 44.2 Å². The third-order valence-corrected chi connectivity index (χ3v) is 4.65. The van der Waals surface area contributed by atoms with Crippen molar-refractivity contribution in [2.24, 2.45) is 5.92 Å². The number of carbonyl (C=O) groups is 2. The lowest BCUT2D eigenvalue weighted by molar-refractivity contribution is -0.106. The maximum Gasteiger partial charge on any atom is 0.339 e. The number of rotatable bonds is 7. The molecule has 0 unspecified atom stereocenters. The van der Waals surface area contributed by atoms with Gasteiger partial charge in [-0.25, -0.2) is 4.79 Å². The zero-order valence-corrected chi connectivity index (χ0v) is 15.9. The van der Waals surface area contributed by atoms with E-state index in [1.54, 1.807) is 24.3 Å². The fourth-order valence-electron chi connectivity index (χ4n) is 3.21. The van der Waals surface area contributed by atoms with Gasteiger partial charge in [0.1, 0.15) is 0 Å². The molecule has 0 spiro atoms. The van der Waals surface area contributed by atoms with Crippen LogP contribution in [0.2, 0.25) is 0 Å². The summed E-state index contributed by atoms with van der Waals surface area (Å²) in [7, 11) is 1.34. The number of methoxy groups -OCH3 is 1. The molecule has 0 bridgehead atoms. The molecule has 1 heterocycles. The van der Waals surface area contributed by atoms with Gasteiger partial charge in [0.15, 0.2) is 0 Å². The highest BCUT2D eigenvalue weighted by molar-refractivity contribution is 6.06. The Bertz CT molecular complexity index is 959. The van der Waals surface area contributed by atoms with E-state index in [9.17, 15) is 9.59 Å². The van der Waals surface area contributed by atoms with Crippen molar-refractivity contribution in [3.8, 4) is 0 Å². The molecule has 27 heavy (non-hydrogen) atoms. The van der Waals surface area contributed by atoms with E-state index >= 15 is 0 Å². The molecule has 0 N–H and O–H groups in total. The summed E-state index contributed by atoms with van der Waals surface area (Å²) in [5.41, 5.74) is 2.67. The first-order valence-electron chi connectivity index (χ1n) is 9.06. The summed E-state index contributed by atoms with van der Waals surface area (Å²) in [4.78, 5) is 25.7. The van der Waals surface area contributed by atoms with Crippen LogP contribution in [0.1, 0.15) is 30.6 Å². The fraction of sp³-hybridized carbons (Fsp3) is 0.273. The van der Waals surface area contributed by atoms with E-state index in [0.29, 0.717) is 17.2 Å². The van der Waals surface area contributed by atoms with Crippen LogP contribution in [0.5, 0.6) is 0 Å². The molecular weight excluding hydrogens is 340 g/mol. The normalized spacial score (nSPS) is 11.0. The van der Waals surface area contributed by atoms with Crippen LogP contribution in [0.4, 0.5) is 11.4 Å². The Morgan fingerprint density at radius 1 is 1.11 bits per heavy atom. The van der Waals surface area contributed by atoms with Crippen molar-refractivity contribution in [1.82, 2.24) is 4.57 Å². The van der Waals surface area contributed by atoms with Gasteiger partial charge in [-0.2, -0.15) is 0 Å². The number of amides is 1. The largest absolute Gasteiger partial charge is 0.465 e. The maximum atomic E-state index is 12.2. The summed E-state index contributed by atoms with van der Waals surface area (Å²) < 4.78 is 7.05.